The van der Waals surface area contributed by atoms with Crippen LogP contribution in [0.1, 0.15) is 270 Å². The van der Waals surface area contributed by atoms with Crippen molar-refractivity contribution in [2.24, 2.45) is 58.2 Å². The van der Waals surface area contributed by atoms with Crippen molar-refractivity contribution in [1.29, 1.82) is 0 Å². The van der Waals surface area contributed by atoms with Crippen molar-refractivity contribution in [2.45, 2.75) is 312 Å². The van der Waals surface area contributed by atoms with E-state index in [-0.39, 0.29) is 129 Å². The standard InChI is InChI=1S/2C33H35FN2O5.C26H40O5.C25H42O4.2C2H7N/c2*1-21(2)31-30(33(41)35-25-11-7-4-8-12-25)29(22-9-5-3-6-10-22)32(23-13-15-24(34)16-14-23)36(31)18-17-26(37)19-27(38)20-28(39)40;1-6-17-12-18-9-8-16(3)21(11-10-20-14-19(27)15-23(28)30-20)24(18)22(13-17)31-25(29)26(4,5)7-2;1-7-19(26)15-20(27)11-12-21-17(4)9-10-18-13-16(3)14-22(23(18)21)29-24(28)25(5,6)8-2;2*1-3-2/h2*3-16,21,26-27,37-38H,17-20H2,1-2H3,(H,35,41)(H,39,40);8-9,12,16-17,19-22,24,27H,6-7,10-11,13-15H2,1-5H3;9-10,13,16-17,19-23,26-27H,7-8,11-12,14-15H2,1-6H3;2*3H,1-2H3/t2*26-,27-;16-,17-,19+,20+,21-,22-,24-;16-,17-,19-,20-,21-,22-,23-;;/m1100../s1. The average Bonchev–Trinajstić information content (AvgIpc) is 1.57. The van der Waals surface area contributed by atoms with Crippen LogP contribution in [0.2, 0.25) is 0 Å². The molecule has 0 radical (unpaired) electrons. The number of cyclic esters (lactones) is 1. The molecule has 1 aliphatic heterocycles. The van der Waals surface area contributed by atoms with Gasteiger partial charge in [0.2, 0.25) is 0 Å². The maximum atomic E-state index is 14.0. The number of anilines is 2. The fraction of sp³-hybridized carbons (Fsp3) is 0.512. The number of rotatable bonds is 40. The molecule has 2 amide bonds. The first-order valence-electron chi connectivity index (χ1n) is 53.0. The number of allylic oxidation sites excluding steroid dienone is 6. The zero-order valence-corrected chi connectivity index (χ0v) is 90.3. The molecule has 27 heteroatoms. The third-order valence-electron chi connectivity index (χ3n) is 28.8. The molecular weight excluding hydrogens is 1880 g/mol. The summed E-state index contributed by atoms with van der Waals surface area (Å²) in [7, 11) is 7.50. The molecule has 2 aromatic heterocycles. The van der Waals surface area contributed by atoms with Crippen LogP contribution >= 0.6 is 0 Å². The first kappa shape index (κ1) is 122. The highest BCUT2D eigenvalue weighted by atomic mass is 19.1. The summed E-state index contributed by atoms with van der Waals surface area (Å²) in [5.74, 6) is -1.87. The summed E-state index contributed by atoms with van der Waals surface area (Å²) in [4.78, 5) is 87.6. The minimum absolute atomic E-state index is 0.0939. The predicted octanol–water partition coefficient (Wildman–Crippen LogP) is 22.3. The van der Waals surface area contributed by atoms with Gasteiger partial charge in [-0.1, -0.05) is 210 Å². The normalized spacial score (nSPS) is 21.0. The van der Waals surface area contributed by atoms with Gasteiger partial charge in [-0.25, -0.2) is 8.78 Å². The van der Waals surface area contributed by atoms with Crippen LogP contribution in [-0.4, -0.2) is 186 Å². The Morgan fingerprint density at radius 2 is 0.845 bits per heavy atom. The Kier molecular flexibility index (Phi) is 48.8. The molecule has 0 bridgehead atoms. The number of benzene rings is 6. The molecule has 148 heavy (non-hydrogen) atoms. The van der Waals surface area contributed by atoms with Crippen molar-refractivity contribution in [3.63, 3.8) is 0 Å². The summed E-state index contributed by atoms with van der Waals surface area (Å²) < 4.78 is 49.8. The van der Waals surface area contributed by atoms with E-state index < -0.39 is 78.3 Å². The van der Waals surface area contributed by atoms with Crippen molar-refractivity contribution < 1.29 is 103 Å². The number of aliphatic carboxylic acids is 2. The van der Waals surface area contributed by atoms with Gasteiger partial charge in [0.05, 0.1) is 95.3 Å². The molecule has 1 saturated heterocycles. The number of carbonyl (C=O) groups excluding carboxylic acids is 5. The molecule has 0 spiro atoms. The van der Waals surface area contributed by atoms with Crippen molar-refractivity contribution in [1.82, 2.24) is 19.8 Å². The summed E-state index contributed by atoms with van der Waals surface area (Å²) in [6, 6.07) is 49.6. The van der Waals surface area contributed by atoms with E-state index in [1.165, 1.54) is 35.4 Å². The Morgan fingerprint density at radius 3 is 1.22 bits per heavy atom. The van der Waals surface area contributed by atoms with Gasteiger partial charge < -0.3 is 90.6 Å². The monoisotopic (exact) mass is 2050 g/mol. The SMILES string of the molecule is CC(C)c1c(C(=O)Nc2ccccc2)c(-c2ccccc2)c(-c2ccc(F)cc2)n1CC[C@@H](O)C[C@@H](O)CC(=O)O.CC(C)c1c(C(=O)Nc2ccccc2)c(-c2ccccc2)c(-c2ccc(F)cc2)n1CC[C@@H](O)C[C@@H](O)CC(=O)O.CC[C@H](O)C[C@@H](O)CC[C@@H]1[C@@H]2C(=C[C@H](C)C[C@@H]2OC(=O)C(C)(C)CC)C=C[C@@H]1C.CC[C@H]1C=C2C=C[C@H](C)[C@H](CC[C@@H]3C[C@@H](O)CC(=O)O3)[C@H]2[C@@H](OC(=O)C(C)(C)CC)C1.CNC.CNC. The number of para-hydroxylation sites is 2. The number of carbonyl (C=O) groups is 7. The van der Waals surface area contributed by atoms with Crippen LogP contribution < -0.4 is 21.3 Å². The number of aliphatic hydroxyl groups excluding tert-OH is 7. The van der Waals surface area contributed by atoms with Crippen molar-refractivity contribution in [3.8, 4) is 44.8 Å². The highest BCUT2D eigenvalue weighted by Crippen LogP contribution is 2.51. The van der Waals surface area contributed by atoms with Gasteiger partial charge in [-0.05, 0) is 306 Å². The highest BCUT2D eigenvalue weighted by Gasteiger charge is 2.47. The zero-order valence-electron chi connectivity index (χ0n) is 90.3. The van der Waals surface area contributed by atoms with Crippen molar-refractivity contribution in [3.05, 3.63) is 252 Å². The second-order valence-electron chi connectivity index (χ2n) is 42.3. The number of carboxylic acid groups (broad SMARTS) is 2. The van der Waals surface area contributed by atoms with Crippen LogP contribution in [0.3, 0.4) is 0 Å². The van der Waals surface area contributed by atoms with Gasteiger partial charge in [0, 0.05) is 65.2 Å². The molecule has 1 fully saturated rings. The Bertz CT molecular complexity index is 5400. The molecule has 8 aromatic rings. The van der Waals surface area contributed by atoms with Crippen LogP contribution in [0.4, 0.5) is 20.2 Å². The summed E-state index contributed by atoms with van der Waals surface area (Å²) in [5.41, 5.74) is 11.2. The number of aliphatic hydroxyl groups is 7. The van der Waals surface area contributed by atoms with E-state index in [2.05, 4.69) is 85.4 Å². The minimum Gasteiger partial charge on any atom is -0.481 e. The number of esters is 3. The van der Waals surface area contributed by atoms with Crippen LogP contribution in [-0.2, 0) is 51.3 Å². The minimum atomic E-state index is -1.18. The third-order valence-corrected chi connectivity index (χ3v) is 28.8. The lowest BCUT2D eigenvalue weighted by molar-refractivity contribution is -0.166. The fourth-order valence-corrected chi connectivity index (χ4v) is 20.3. The van der Waals surface area contributed by atoms with Gasteiger partial charge in [-0.15, -0.1) is 0 Å². The Labute approximate surface area is 875 Å². The van der Waals surface area contributed by atoms with Gasteiger partial charge in [-0.2, -0.15) is 0 Å². The summed E-state index contributed by atoms with van der Waals surface area (Å²) in [5, 5.41) is 101. The van der Waals surface area contributed by atoms with Crippen LogP contribution in [0.15, 0.2) is 217 Å². The largest absolute Gasteiger partial charge is 0.481 e. The van der Waals surface area contributed by atoms with E-state index in [1.807, 2.05) is 235 Å². The quantitative estimate of drug-likeness (QED) is 0.0125. The second kappa shape index (κ2) is 59.3. The number of nitrogens with zero attached hydrogens (tertiary/aromatic N) is 2. The number of hydrogen-bond donors (Lipinski definition) is 13. The summed E-state index contributed by atoms with van der Waals surface area (Å²) in [6.07, 6.45) is 15.8. The molecule has 808 valence electrons. The van der Waals surface area contributed by atoms with E-state index >= 15 is 0 Å². The molecule has 13 rings (SSSR count). The van der Waals surface area contributed by atoms with Crippen molar-refractivity contribution in [2.75, 3.05) is 38.8 Å². The number of ether oxygens (including phenoxy) is 3. The molecule has 0 saturated carbocycles. The molecule has 3 heterocycles. The predicted molar refractivity (Wildman–Crippen MR) is 582 cm³/mol. The Hall–Kier alpha value is -11.4. The molecule has 13 N–H and O–H groups in total. The van der Waals surface area contributed by atoms with Crippen LogP contribution in [0.25, 0.3) is 44.8 Å². The van der Waals surface area contributed by atoms with Gasteiger partial charge >= 0.3 is 29.8 Å². The van der Waals surface area contributed by atoms with Gasteiger partial charge in [0.1, 0.15) is 29.9 Å². The number of aromatic nitrogens is 2. The number of carboxylic acids is 2. The van der Waals surface area contributed by atoms with E-state index in [9.17, 15) is 78.1 Å². The molecular formula is C121H166F2N6O19. The van der Waals surface area contributed by atoms with Crippen LogP contribution in [0.5, 0.6) is 0 Å². The lowest BCUT2D eigenvalue weighted by Gasteiger charge is -2.44. The lowest BCUT2D eigenvalue weighted by Crippen LogP contribution is -2.43. The summed E-state index contributed by atoms with van der Waals surface area (Å²) in [6.45, 7) is 31.1. The Balaban J connectivity index is 0.000000238. The highest BCUT2D eigenvalue weighted by molar-refractivity contribution is 6.14. The lowest BCUT2D eigenvalue weighted by atomic mass is 9.65. The molecule has 6 aromatic carbocycles. The maximum Gasteiger partial charge on any atom is 0.311 e. The molecule has 18 atom stereocenters. The van der Waals surface area contributed by atoms with E-state index in [1.54, 1.807) is 24.3 Å². The third kappa shape index (κ3) is 35.4. The maximum absolute atomic E-state index is 14.0. The van der Waals surface area contributed by atoms with Crippen LogP contribution in [0, 0.1) is 69.8 Å². The first-order valence-corrected chi connectivity index (χ1v) is 53.0. The Morgan fingerprint density at radius 1 is 0.473 bits per heavy atom. The molecule has 0 unspecified atom stereocenters. The smallest absolute Gasteiger partial charge is 0.311 e. The second-order valence-corrected chi connectivity index (χ2v) is 42.3. The summed E-state index contributed by atoms with van der Waals surface area (Å²) >= 11 is 0. The van der Waals surface area contributed by atoms with E-state index in [0.29, 0.717) is 117 Å². The fourth-order valence-electron chi connectivity index (χ4n) is 20.3. The number of halogens is 2. The number of fused-ring (bicyclic) bond motifs is 2. The number of nitrogens with one attached hydrogen (secondary N) is 4. The number of amides is 2. The van der Waals surface area contributed by atoms with E-state index in [0.717, 1.165) is 73.9 Å². The molecule has 5 aliphatic rings. The zero-order chi connectivity index (χ0) is 109. The van der Waals surface area contributed by atoms with Crippen molar-refractivity contribution >= 4 is 53.0 Å². The number of hydrogen-bond acceptors (Lipinski definition) is 19. The average molecular weight is 2050 g/mol. The van der Waals surface area contributed by atoms with Gasteiger partial charge in [0.25, 0.3) is 11.8 Å². The van der Waals surface area contributed by atoms with Gasteiger partial charge in [0.15, 0.2) is 0 Å². The molecule has 25 nitrogen and oxygen atoms in total. The topological polar surface area (TPSA) is 387 Å². The van der Waals surface area contributed by atoms with Gasteiger partial charge in [-0.3, -0.25) is 33.6 Å². The molecule has 4 aliphatic carbocycles. The first-order chi connectivity index (χ1) is 70.4. The van der Waals surface area contributed by atoms with E-state index in [4.69, 9.17) is 24.4 Å².